The molecule has 18 heavy (non-hydrogen) atoms. The van der Waals surface area contributed by atoms with Gasteiger partial charge in [0.05, 0.1) is 0 Å². The summed E-state index contributed by atoms with van der Waals surface area (Å²) in [6, 6.07) is 13.9. The first-order valence-electron chi connectivity index (χ1n) is 5.16. The van der Waals surface area contributed by atoms with Gasteiger partial charge in [0.1, 0.15) is 0 Å². The molecule has 0 atom stereocenters. The topological polar surface area (TPSA) is 65.8 Å². The van der Waals surface area contributed by atoms with E-state index in [0.717, 1.165) is 3.57 Å². The highest BCUT2D eigenvalue weighted by Gasteiger charge is 2.08. The van der Waals surface area contributed by atoms with Gasteiger partial charge in [-0.15, -0.1) is 0 Å². The molecule has 0 unspecified atom stereocenters. The van der Waals surface area contributed by atoms with Crippen molar-refractivity contribution in [1.82, 2.24) is 0 Å². The highest BCUT2D eigenvalue weighted by atomic mass is 127. The number of hydrogen-bond donors (Lipinski definition) is 0. The van der Waals surface area contributed by atoms with Crippen LogP contribution in [0.5, 0.6) is 0 Å². The predicted molar refractivity (Wildman–Crippen MR) is 77.8 cm³/mol. The van der Waals surface area contributed by atoms with E-state index in [-0.39, 0.29) is 5.78 Å². The van der Waals surface area contributed by atoms with Crippen LogP contribution in [0.1, 0.15) is 15.9 Å². The van der Waals surface area contributed by atoms with Crippen molar-refractivity contribution in [3.8, 4) is 0 Å². The second kappa shape index (κ2) is 5.66. The zero-order chi connectivity index (χ0) is 13.0. The molecule has 0 radical (unpaired) electrons. The van der Waals surface area contributed by atoms with E-state index >= 15 is 0 Å². The molecule has 0 amide bonds. The Morgan fingerprint density at radius 3 is 2.00 bits per heavy atom. The Kier molecular flexibility index (Phi) is 3.96. The van der Waals surface area contributed by atoms with Gasteiger partial charge in [-0.05, 0) is 52.4 Å². The number of benzene rings is 2. The molecule has 2 rings (SSSR count). The standard InChI is InChI=1S/C13H8IN3O/c14-11-5-1-9(2-6-11)13(18)10-3-7-12(8-4-10)16-17-15/h1-8H. The van der Waals surface area contributed by atoms with E-state index in [9.17, 15) is 4.79 Å². The molecular weight excluding hydrogens is 341 g/mol. The lowest BCUT2D eigenvalue weighted by atomic mass is 10.0. The molecule has 0 spiro atoms. The summed E-state index contributed by atoms with van der Waals surface area (Å²) in [6.07, 6.45) is 0. The SMILES string of the molecule is [N-]=[N+]=Nc1ccc(C(=O)c2ccc(I)cc2)cc1. The molecule has 0 aliphatic rings. The molecule has 2 aromatic carbocycles. The van der Waals surface area contributed by atoms with Gasteiger partial charge in [0.15, 0.2) is 5.78 Å². The third kappa shape index (κ3) is 2.88. The Labute approximate surface area is 117 Å². The number of carbonyl (C=O) groups is 1. The maximum absolute atomic E-state index is 12.1. The first-order chi connectivity index (χ1) is 8.70. The predicted octanol–water partition coefficient (Wildman–Crippen LogP) is 4.46. The van der Waals surface area contributed by atoms with Crippen molar-refractivity contribution in [2.75, 3.05) is 0 Å². The van der Waals surface area contributed by atoms with Crippen molar-refractivity contribution in [3.63, 3.8) is 0 Å². The van der Waals surface area contributed by atoms with Crippen molar-refractivity contribution >= 4 is 34.1 Å². The van der Waals surface area contributed by atoms with Crippen molar-refractivity contribution in [3.05, 3.63) is 73.7 Å². The molecule has 0 bridgehead atoms. The fourth-order valence-electron chi connectivity index (χ4n) is 1.50. The Morgan fingerprint density at radius 2 is 1.50 bits per heavy atom. The average Bonchev–Trinajstić information content (AvgIpc) is 2.40. The quantitative estimate of drug-likeness (QED) is 0.265. The van der Waals surface area contributed by atoms with Crippen LogP contribution < -0.4 is 0 Å². The smallest absolute Gasteiger partial charge is 0.193 e. The third-order valence-corrected chi connectivity index (χ3v) is 3.12. The second-order valence-electron chi connectivity index (χ2n) is 3.57. The number of carbonyl (C=O) groups excluding carboxylic acids is 1. The van der Waals surface area contributed by atoms with Gasteiger partial charge >= 0.3 is 0 Å². The largest absolute Gasteiger partial charge is 0.289 e. The van der Waals surface area contributed by atoms with Crippen LogP contribution in [0.4, 0.5) is 5.69 Å². The highest BCUT2D eigenvalue weighted by molar-refractivity contribution is 14.1. The first kappa shape index (κ1) is 12.6. The van der Waals surface area contributed by atoms with E-state index in [4.69, 9.17) is 5.53 Å². The summed E-state index contributed by atoms with van der Waals surface area (Å²) >= 11 is 2.19. The van der Waals surface area contributed by atoms with Crippen LogP contribution in [-0.2, 0) is 0 Å². The molecule has 4 nitrogen and oxygen atoms in total. The van der Waals surface area contributed by atoms with Crippen LogP contribution in [0.25, 0.3) is 10.4 Å². The summed E-state index contributed by atoms with van der Waals surface area (Å²) in [5, 5.41) is 3.46. The van der Waals surface area contributed by atoms with E-state index in [1.807, 2.05) is 12.1 Å². The molecule has 0 fully saturated rings. The molecule has 0 aromatic heterocycles. The van der Waals surface area contributed by atoms with Crippen LogP contribution in [0.3, 0.4) is 0 Å². The van der Waals surface area contributed by atoms with E-state index in [2.05, 4.69) is 32.6 Å². The van der Waals surface area contributed by atoms with E-state index in [1.54, 1.807) is 36.4 Å². The third-order valence-electron chi connectivity index (χ3n) is 2.40. The zero-order valence-corrected chi connectivity index (χ0v) is 11.4. The molecule has 0 saturated carbocycles. The van der Waals surface area contributed by atoms with Crippen molar-refractivity contribution < 1.29 is 4.79 Å². The molecule has 0 aliphatic heterocycles. The van der Waals surface area contributed by atoms with Gasteiger partial charge in [0, 0.05) is 25.3 Å². The summed E-state index contributed by atoms with van der Waals surface area (Å²) in [7, 11) is 0. The van der Waals surface area contributed by atoms with Crippen molar-refractivity contribution in [2.24, 2.45) is 5.11 Å². The molecule has 0 heterocycles. The van der Waals surface area contributed by atoms with Gasteiger partial charge in [-0.25, -0.2) is 0 Å². The maximum atomic E-state index is 12.1. The van der Waals surface area contributed by atoms with Gasteiger partial charge < -0.3 is 0 Å². The Hall–Kier alpha value is -1.85. The first-order valence-corrected chi connectivity index (χ1v) is 6.24. The fraction of sp³-hybridized carbons (Fsp3) is 0. The van der Waals surface area contributed by atoms with Gasteiger partial charge in [-0.2, -0.15) is 0 Å². The lowest BCUT2D eigenvalue weighted by Crippen LogP contribution is -2.00. The summed E-state index contributed by atoms with van der Waals surface area (Å²) in [5.74, 6) is -0.0427. The number of hydrogen-bond acceptors (Lipinski definition) is 2. The fourth-order valence-corrected chi connectivity index (χ4v) is 1.86. The van der Waals surface area contributed by atoms with Gasteiger partial charge in [-0.1, -0.05) is 29.4 Å². The van der Waals surface area contributed by atoms with Crippen LogP contribution in [0, 0.1) is 3.57 Å². The highest BCUT2D eigenvalue weighted by Crippen LogP contribution is 2.16. The van der Waals surface area contributed by atoms with Crippen molar-refractivity contribution in [1.29, 1.82) is 0 Å². The van der Waals surface area contributed by atoms with E-state index < -0.39 is 0 Å². The van der Waals surface area contributed by atoms with Crippen LogP contribution in [0.15, 0.2) is 53.6 Å². The number of azide groups is 1. The summed E-state index contributed by atoms with van der Waals surface area (Å²) < 4.78 is 1.09. The number of rotatable bonds is 3. The van der Waals surface area contributed by atoms with E-state index in [0.29, 0.717) is 16.8 Å². The Morgan fingerprint density at radius 1 is 1.00 bits per heavy atom. The molecule has 2 aromatic rings. The average molecular weight is 349 g/mol. The number of halogens is 1. The summed E-state index contributed by atoms with van der Waals surface area (Å²) in [6.45, 7) is 0. The second-order valence-corrected chi connectivity index (χ2v) is 4.82. The molecule has 88 valence electrons. The van der Waals surface area contributed by atoms with E-state index in [1.165, 1.54) is 0 Å². The summed E-state index contributed by atoms with van der Waals surface area (Å²) in [5.41, 5.74) is 10.0. The molecule has 0 aliphatic carbocycles. The lowest BCUT2D eigenvalue weighted by molar-refractivity contribution is 0.103. The number of ketones is 1. The maximum Gasteiger partial charge on any atom is 0.193 e. The Balaban J connectivity index is 2.28. The normalized spacial score (nSPS) is 9.61. The van der Waals surface area contributed by atoms with Gasteiger partial charge in [-0.3, -0.25) is 4.79 Å². The minimum atomic E-state index is -0.0427. The number of nitrogens with zero attached hydrogens (tertiary/aromatic N) is 3. The monoisotopic (exact) mass is 349 g/mol. The zero-order valence-electron chi connectivity index (χ0n) is 9.25. The van der Waals surface area contributed by atoms with Crippen LogP contribution >= 0.6 is 22.6 Å². The molecule has 5 heteroatoms. The minimum absolute atomic E-state index is 0.0427. The molecular formula is C13H8IN3O. The van der Waals surface area contributed by atoms with Crippen LogP contribution in [0.2, 0.25) is 0 Å². The van der Waals surface area contributed by atoms with Crippen LogP contribution in [-0.4, -0.2) is 5.78 Å². The minimum Gasteiger partial charge on any atom is -0.289 e. The van der Waals surface area contributed by atoms with Gasteiger partial charge in [0.2, 0.25) is 0 Å². The van der Waals surface area contributed by atoms with Gasteiger partial charge in [0.25, 0.3) is 0 Å². The molecule has 0 saturated heterocycles. The summed E-state index contributed by atoms with van der Waals surface area (Å²) in [4.78, 5) is 14.8. The lowest BCUT2D eigenvalue weighted by Gasteiger charge is -2.01. The van der Waals surface area contributed by atoms with Crippen molar-refractivity contribution in [2.45, 2.75) is 0 Å². The molecule has 0 N–H and O–H groups in total. The Bertz CT molecular complexity index is 614.